The van der Waals surface area contributed by atoms with Crippen molar-refractivity contribution in [3.05, 3.63) is 66.4 Å². The third-order valence-electron chi connectivity index (χ3n) is 4.55. The van der Waals surface area contributed by atoms with Gasteiger partial charge in [0.25, 0.3) is 11.8 Å². The first-order valence-electron chi connectivity index (χ1n) is 9.13. The zero-order chi connectivity index (χ0) is 19.3. The topological polar surface area (TPSA) is 96.1 Å². The van der Waals surface area contributed by atoms with Crippen molar-refractivity contribution in [1.82, 2.24) is 10.2 Å². The minimum Gasteiger partial charge on any atom is -0.368 e. The molecule has 28 heavy (non-hydrogen) atoms. The minimum absolute atomic E-state index is 0.178. The highest BCUT2D eigenvalue weighted by atomic mass is 16.5. The summed E-state index contributed by atoms with van der Waals surface area (Å²) in [6.45, 7) is 0.609. The Hall–Kier alpha value is -3.45. The molecule has 2 aromatic carbocycles. The zero-order valence-electron chi connectivity index (χ0n) is 15.1. The Morgan fingerprint density at radius 2 is 1.86 bits per heavy atom. The molecular formula is C21H20N4O3. The maximum atomic E-state index is 12.6. The summed E-state index contributed by atoms with van der Waals surface area (Å²) in [5.74, 6) is -0.433. The average molecular weight is 376 g/mol. The Balaban J connectivity index is 1.45. The first-order valence-corrected chi connectivity index (χ1v) is 9.13. The first-order chi connectivity index (χ1) is 13.7. The lowest BCUT2D eigenvalue weighted by molar-refractivity contribution is -0.124. The van der Waals surface area contributed by atoms with E-state index in [2.05, 4.69) is 20.8 Å². The van der Waals surface area contributed by atoms with Crippen LogP contribution in [0, 0.1) is 0 Å². The number of rotatable bonds is 5. The number of nitrogens with one attached hydrogen (secondary N) is 3. The number of hydrogen-bond donors (Lipinski definition) is 3. The molecule has 1 aliphatic rings. The van der Waals surface area contributed by atoms with Crippen LogP contribution >= 0.6 is 0 Å². The van der Waals surface area contributed by atoms with Gasteiger partial charge in [-0.15, -0.1) is 0 Å². The van der Waals surface area contributed by atoms with Gasteiger partial charge in [-0.05, 0) is 49.2 Å². The molecule has 1 aliphatic heterocycles. The smallest absolute Gasteiger partial charge is 0.255 e. The van der Waals surface area contributed by atoms with E-state index in [4.69, 9.17) is 4.74 Å². The largest absolute Gasteiger partial charge is 0.368 e. The molecule has 7 nitrogen and oxygen atoms in total. The molecule has 2 heterocycles. The highest BCUT2D eigenvalue weighted by Crippen LogP contribution is 2.21. The highest BCUT2D eigenvalue weighted by molar-refractivity contribution is 6.05. The van der Waals surface area contributed by atoms with E-state index in [-0.39, 0.29) is 11.8 Å². The van der Waals surface area contributed by atoms with Crippen molar-refractivity contribution in [3.63, 3.8) is 0 Å². The second kappa shape index (κ2) is 8.06. The number of amides is 2. The molecule has 7 heteroatoms. The van der Waals surface area contributed by atoms with E-state index in [1.165, 1.54) is 0 Å². The lowest BCUT2D eigenvalue weighted by atomic mass is 10.1. The number of anilines is 2. The van der Waals surface area contributed by atoms with Crippen LogP contribution in [0.25, 0.3) is 11.3 Å². The Kier molecular flexibility index (Phi) is 5.16. The molecule has 0 aliphatic carbocycles. The summed E-state index contributed by atoms with van der Waals surface area (Å²) in [6.07, 6.45) is 2.87. The van der Waals surface area contributed by atoms with Crippen LogP contribution in [0.15, 0.2) is 60.8 Å². The van der Waals surface area contributed by atoms with Crippen molar-refractivity contribution < 1.29 is 14.3 Å². The van der Waals surface area contributed by atoms with Crippen LogP contribution in [-0.4, -0.2) is 34.7 Å². The molecule has 142 valence electrons. The van der Waals surface area contributed by atoms with Gasteiger partial charge in [0.15, 0.2) is 0 Å². The van der Waals surface area contributed by atoms with Crippen molar-refractivity contribution in [2.45, 2.75) is 18.9 Å². The number of benzene rings is 2. The number of hydrogen-bond acceptors (Lipinski definition) is 4. The Bertz CT molecular complexity index is 979. The summed E-state index contributed by atoms with van der Waals surface area (Å²) >= 11 is 0. The van der Waals surface area contributed by atoms with Crippen LogP contribution < -0.4 is 10.6 Å². The number of aromatic amines is 1. The molecule has 0 spiro atoms. The molecule has 1 atom stereocenters. The average Bonchev–Trinajstić information content (AvgIpc) is 3.42. The summed E-state index contributed by atoms with van der Waals surface area (Å²) < 4.78 is 5.39. The summed E-state index contributed by atoms with van der Waals surface area (Å²) in [5.41, 5.74) is 3.49. The quantitative estimate of drug-likeness (QED) is 0.635. The molecule has 0 saturated carbocycles. The van der Waals surface area contributed by atoms with Gasteiger partial charge in [-0.1, -0.05) is 18.2 Å². The van der Waals surface area contributed by atoms with Gasteiger partial charge < -0.3 is 15.4 Å². The Morgan fingerprint density at radius 3 is 2.61 bits per heavy atom. The fraction of sp³-hybridized carbons (Fsp3) is 0.190. The monoisotopic (exact) mass is 376 g/mol. The van der Waals surface area contributed by atoms with Gasteiger partial charge in [0.05, 0.1) is 5.69 Å². The van der Waals surface area contributed by atoms with Crippen LogP contribution in [0.3, 0.4) is 0 Å². The third kappa shape index (κ3) is 4.10. The summed E-state index contributed by atoms with van der Waals surface area (Å²) in [5, 5.41) is 12.5. The van der Waals surface area contributed by atoms with Gasteiger partial charge in [0.1, 0.15) is 6.10 Å². The minimum atomic E-state index is -0.414. The number of ether oxygens (including phenoxy) is 1. The normalized spacial score (nSPS) is 15.9. The lowest BCUT2D eigenvalue weighted by Gasteiger charge is -2.12. The van der Waals surface area contributed by atoms with Gasteiger partial charge in [-0.2, -0.15) is 5.10 Å². The maximum Gasteiger partial charge on any atom is 0.255 e. The van der Waals surface area contributed by atoms with E-state index in [0.717, 1.165) is 24.1 Å². The van der Waals surface area contributed by atoms with Crippen molar-refractivity contribution in [1.29, 1.82) is 0 Å². The summed E-state index contributed by atoms with van der Waals surface area (Å²) in [4.78, 5) is 24.8. The molecule has 1 saturated heterocycles. The second-order valence-electron chi connectivity index (χ2n) is 6.58. The van der Waals surface area contributed by atoms with E-state index < -0.39 is 6.10 Å². The Labute approximate surface area is 162 Å². The molecule has 1 aromatic heterocycles. The van der Waals surface area contributed by atoms with Gasteiger partial charge in [0.2, 0.25) is 0 Å². The van der Waals surface area contributed by atoms with Gasteiger partial charge in [0, 0.05) is 35.3 Å². The predicted molar refractivity (Wildman–Crippen MR) is 106 cm³/mol. The second-order valence-corrected chi connectivity index (χ2v) is 6.58. The van der Waals surface area contributed by atoms with Crippen molar-refractivity contribution in [2.24, 2.45) is 0 Å². The third-order valence-corrected chi connectivity index (χ3v) is 4.55. The molecule has 0 radical (unpaired) electrons. The Morgan fingerprint density at radius 1 is 1.04 bits per heavy atom. The summed E-state index contributed by atoms with van der Waals surface area (Å²) in [6, 6.07) is 16.2. The van der Waals surface area contributed by atoms with Crippen LogP contribution in [0.1, 0.15) is 23.2 Å². The number of aromatic nitrogens is 2. The number of H-pyrrole nitrogens is 1. The van der Waals surface area contributed by atoms with E-state index in [0.29, 0.717) is 23.5 Å². The van der Waals surface area contributed by atoms with Crippen LogP contribution in [-0.2, 0) is 9.53 Å². The van der Waals surface area contributed by atoms with E-state index in [9.17, 15) is 9.59 Å². The maximum absolute atomic E-state index is 12.6. The predicted octanol–water partition coefficient (Wildman–Crippen LogP) is 3.45. The number of carbonyl (C=O) groups is 2. The number of nitrogens with zero attached hydrogens (tertiary/aromatic N) is 1. The van der Waals surface area contributed by atoms with Crippen LogP contribution in [0.2, 0.25) is 0 Å². The van der Waals surface area contributed by atoms with E-state index in [1.54, 1.807) is 30.5 Å². The van der Waals surface area contributed by atoms with Crippen molar-refractivity contribution >= 4 is 23.2 Å². The van der Waals surface area contributed by atoms with Crippen molar-refractivity contribution in [2.75, 3.05) is 17.2 Å². The fourth-order valence-electron chi connectivity index (χ4n) is 3.13. The molecule has 2 amide bonds. The lowest BCUT2D eigenvalue weighted by Crippen LogP contribution is -2.27. The first kappa shape index (κ1) is 17.9. The molecule has 1 fully saturated rings. The summed E-state index contributed by atoms with van der Waals surface area (Å²) in [7, 11) is 0. The van der Waals surface area contributed by atoms with E-state index in [1.807, 2.05) is 30.3 Å². The molecule has 0 bridgehead atoms. The zero-order valence-corrected chi connectivity index (χ0v) is 15.1. The standard InChI is InChI=1S/C21H20N4O3/c26-20(23-16-6-1-4-14(12-16)18-9-10-22-25-18)15-5-2-7-17(13-15)24-21(27)19-8-3-11-28-19/h1-2,4-7,9-10,12-13,19H,3,8,11H2,(H,22,25)(H,23,26)(H,24,27). The van der Waals surface area contributed by atoms with Gasteiger partial charge in [-0.25, -0.2) is 0 Å². The molecule has 4 rings (SSSR count). The van der Waals surface area contributed by atoms with Crippen LogP contribution in [0.4, 0.5) is 11.4 Å². The highest BCUT2D eigenvalue weighted by Gasteiger charge is 2.23. The van der Waals surface area contributed by atoms with Gasteiger partial charge in [-0.3, -0.25) is 14.7 Å². The fourth-order valence-corrected chi connectivity index (χ4v) is 3.13. The van der Waals surface area contributed by atoms with E-state index >= 15 is 0 Å². The number of carbonyl (C=O) groups excluding carboxylic acids is 2. The molecule has 3 aromatic rings. The molecular weight excluding hydrogens is 356 g/mol. The van der Waals surface area contributed by atoms with Gasteiger partial charge >= 0.3 is 0 Å². The molecule has 3 N–H and O–H groups in total. The molecule has 1 unspecified atom stereocenters. The SMILES string of the molecule is O=C(Nc1cccc(-c2ccn[nH]2)c1)c1cccc(NC(=O)C2CCCO2)c1. The van der Waals surface area contributed by atoms with Crippen LogP contribution in [0.5, 0.6) is 0 Å². The van der Waals surface area contributed by atoms with Crippen molar-refractivity contribution in [3.8, 4) is 11.3 Å².